The van der Waals surface area contributed by atoms with Gasteiger partial charge in [0.2, 0.25) is 5.88 Å². The molecule has 160 valence electrons. The van der Waals surface area contributed by atoms with Crippen molar-refractivity contribution < 1.29 is 27.5 Å². The molecule has 0 saturated carbocycles. The lowest BCUT2D eigenvalue weighted by Crippen LogP contribution is -2.16. The zero-order valence-electron chi connectivity index (χ0n) is 16.5. The number of rotatable bonds is 5. The minimum Gasteiger partial charge on any atom is -0.480 e. The molecule has 0 bridgehead atoms. The molecule has 1 aromatic heterocycles. The van der Waals surface area contributed by atoms with Crippen molar-refractivity contribution in [1.29, 1.82) is 0 Å². The van der Waals surface area contributed by atoms with E-state index in [0.29, 0.717) is 11.0 Å². The summed E-state index contributed by atoms with van der Waals surface area (Å²) in [4.78, 5) is 33.5. The Morgan fingerprint density at radius 1 is 0.938 bits per heavy atom. The molecule has 0 radical (unpaired) electrons. The molecule has 0 aliphatic carbocycles. The van der Waals surface area contributed by atoms with Crippen LogP contribution in [0.25, 0.3) is 11.0 Å². The van der Waals surface area contributed by atoms with Crippen LogP contribution in [0.4, 0.5) is 18.9 Å². The molecule has 0 unspecified atom stereocenters. The maximum Gasteiger partial charge on any atom is 0.255 e. The highest BCUT2D eigenvalue weighted by Gasteiger charge is 2.23. The zero-order valence-corrected chi connectivity index (χ0v) is 16.5. The van der Waals surface area contributed by atoms with E-state index < -0.39 is 40.4 Å². The average molecular weight is 437 g/mol. The first-order chi connectivity index (χ1) is 15.4. The second-order valence-electron chi connectivity index (χ2n) is 6.69. The van der Waals surface area contributed by atoms with E-state index in [0.717, 1.165) is 24.3 Å². The molecule has 4 aromatic rings. The molecule has 0 spiro atoms. The lowest BCUT2D eigenvalue weighted by Gasteiger charge is -2.11. The second-order valence-corrected chi connectivity index (χ2v) is 6.69. The van der Waals surface area contributed by atoms with E-state index >= 15 is 4.39 Å². The maximum absolute atomic E-state index is 15.1. The lowest BCUT2D eigenvalue weighted by atomic mass is 10.0. The van der Waals surface area contributed by atoms with Gasteiger partial charge in [0.1, 0.15) is 11.6 Å². The van der Waals surface area contributed by atoms with Gasteiger partial charge in [-0.15, -0.1) is 0 Å². The topological polar surface area (TPSA) is 81.2 Å². The quantitative estimate of drug-likeness (QED) is 0.464. The first-order valence-corrected chi connectivity index (χ1v) is 9.28. The monoisotopic (exact) mass is 437 g/mol. The van der Waals surface area contributed by atoms with Crippen molar-refractivity contribution in [2.75, 3.05) is 12.4 Å². The molecular weight excluding hydrogens is 423 g/mol. The first kappa shape index (κ1) is 21.0. The highest BCUT2D eigenvalue weighted by atomic mass is 19.1. The van der Waals surface area contributed by atoms with Crippen LogP contribution in [0.2, 0.25) is 0 Å². The summed E-state index contributed by atoms with van der Waals surface area (Å²) in [6.07, 6.45) is 1.40. The van der Waals surface area contributed by atoms with Gasteiger partial charge in [0.25, 0.3) is 5.91 Å². The van der Waals surface area contributed by atoms with Gasteiger partial charge < -0.3 is 10.1 Å². The van der Waals surface area contributed by atoms with Gasteiger partial charge in [-0.3, -0.25) is 9.59 Å². The number of carbonyl (C=O) groups excluding carboxylic acids is 2. The summed E-state index contributed by atoms with van der Waals surface area (Å²) in [5, 5.41) is 2.23. The number of hydrogen-bond acceptors (Lipinski definition) is 5. The molecule has 3 aromatic carbocycles. The molecule has 1 heterocycles. The molecule has 0 aliphatic heterocycles. The summed E-state index contributed by atoms with van der Waals surface area (Å²) in [5.74, 6) is -4.56. The molecule has 1 amide bonds. The van der Waals surface area contributed by atoms with Crippen molar-refractivity contribution in [3.05, 3.63) is 94.9 Å². The Labute approximate surface area is 179 Å². The summed E-state index contributed by atoms with van der Waals surface area (Å²) < 4.78 is 47.9. The van der Waals surface area contributed by atoms with Crippen molar-refractivity contribution in [3.63, 3.8) is 0 Å². The van der Waals surface area contributed by atoms with Crippen molar-refractivity contribution in [1.82, 2.24) is 9.97 Å². The number of aromatic nitrogens is 2. The molecule has 0 fully saturated rings. The fourth-order valence-corrected chi connectivity index (χ4v) is 3.06. The van der Waals surface area contributed by atoms with Gasteiger partial charge in [-0.1, -0.05) is 6.07 Å². The normalized spacial score (nSPS) is 10.8. The van der Waals surface area contributed by atoms with Gasteiger partial charge in [-0.2, -0.15) is 0 Å². The van der Waals surface area contributed by atoms with E-state index in [-0.39, 0.29) is 17.0 Å². The molecule has 9 heteroatoms. The molecular formula is C23H14F3N3O3. The molecule has 4 rings (SSSR count). The van der Waals surface area contributed by atoms with Gasteiger partial charge >= 0.3 is 0 Å². The number of benzene rings is 3. The maximum atomic E-state index is 15.1. The van der Waals surface area contributed by atoms with E-state index in [2.05, 4.69) is 15.3 Å². The molecule has 0 saturated heterocycles. The van der Waals surface area contributed by atoms with E-state index in [1.807, 2.05) is 0 Å². The Morgan fingerprint density at radius 3 is 2.50 bits per heavy atom. The summed E-state index contributed by atoms with van der Waals surface area (Å²) in [7, 11) is 1.40. The van der Waals surface area contributed by atoms with Crippen LogP contribution in [-0.4, -0.2) is 28.8 Å². The van der Waals surface area contributed by atoms with Crippen molar-refractivity contribution >= 4 is 28.4 Å². The van der Waals surface area contributed by atoms with Crippen LogP contribution in [0.5, 0.6) is 5.88 Å². The Kier molecular flexibility index (Phi) is 5.55. The van der Waals surface area contributed by atoms with Crippen LogP contribution in [0, 0.1) is 17.5 Å². The average Bonchev–Trinajstić information content (AvgIpc) is 2.80. The van der Waals surface area contributed by atoms with Crippen molar-refractivity contribution in [3.8, 4) is 5.88 Å². The number of anilines is 1. The van der Waals surface area contributed by atoms with E-state index in [4.69, 9.17) is 4.74 Å². The van der Waals surface area contributed by atoms with Crippen LogP contribution in [0.3, 0.4) is 0 Å². The smallest absolute Gasteiger partial charge is 0.255 e. The largest absolute Gasteiger partial charge is 0.480 e. The molecule has 0 aliphatic rings. The lowest BCUT2D eigenvalue weighted by molar-refractivity contribution is 0.101. The Hall–Kier alpha value is -4.27. The van der Waals surface area contributed by atoms with E-state index in [9.17, 15) is 18.4 Å². The SMILES string of the molecule is COc1cnc2ccc(C(=O)c3c(F)ccc(NC(=O)c4cccc(F)c4)c3F)cc2n1. The number of hydrogen-bond donors (Lipinski definition) is 1. The fraction of sp³-hybridized carbons (Fsp3) is 0.0435. The van der Waals surface area contributed by atoms with Crippen molar-refractivity contribution in [2.45, 2.75) is 0 Å². The minimum absolute atomic E-state index is 0.0357. The summed E-state index contributed by atoms with van der Waals surface area (Å²) >= 11 is 0. The van der Waals surface area contributed by atoms with Gasteiger partial charge in [-0.25, -0.2) is 23.1 Å². The van der Waals surface area contributed by atoms with Crippen LogP contribution >= 0.6 is 0 Å². The fourth-order valence-electron chi connectivity index (χ4n) is 3.06. The van der Waals surface area contributed by atoms with Crippen LogP contribution in [0.15, 0.2) is 60.8 Å². The van der Waals surface area contributed by atoms with Gasteiger partial charge in [-0.05, 0) is 48.5 Å². The van der Waals surface area contributed by atoms with E-state index in [1.165, 1.54) is 43.6 Å². The summed E-state index contributed by atoms with van der Waals surface area (Å²) in [5.41, 5.74) is -0.621. The number of halogens is 3. The van der Waals surface area contributed by atoms with E-state index in [1.54, 1.807) is 0 Å². The minimum atomic E-state index is -1.25. The number of fused-ring (bicyclic) bond motifs is 1. The highest BCUT2D eigenvalue weighted by Crippen LogP contribution is 2.26. The predicted octanol–water partition coefficient (Wildman–Crippen LogP) is 4.54. The Morgan fingerprint density at radius 2 is 1.75 bits per heavy atom. The zero-order chi connectivity index (χ0) is 22.8. The number of nitrogens with zero attached hydrogens (tertiary/aromatic N) is 2. The number of ether oxygens (including phenoxy) is 1. The molecule has 0 atom stereocenters. The third kappa shape index (κ3) is 4.00. The van der Waals surface area contributed by atoms with Gasteiger partial charge in [0.05, 0.1) is 35.6 Å². The number of methoxy groups -OCH3 is 1. The van der Waals surface area contributed by atoms with Crippen LogP contribution in [0.1, 0.15) is 26.3 Å². The van der Waals surface area contributed by atoms with Crippen LogP contribution in [-0.2, 0) is 0 Å². The number of nitrogens with one attached hydrogen (secondary N) is 1. The Bertz CT molecular complexity index is 1380. The standard InChI is InChI=1S/C23H14F3N3O3/c1-32-19-11-27-16-7-5-12(10-18(16)28-19)22(30)20-15(25)6-8-17(21(20)26)29-23(31)13-3-2-4-14(24)9-13/h2-11H,1H3,(H,29,31). The first-order valence-electron chi connectivity index (χ1n) is 9.28. The van der Waals surface area contributed by atoms with Crippen molar-refractivity contribution in [2.24, 2.45) is 0 Å². The molecule has 1 N–H and O–H groups in total. The van der Waals surface area contributed by atoms with Gasteiger partial charge in [0.15, 0.2) is 11.6 Å². The molecule has 6 nitrogen and oxygen atoms in total. The summed E-state index contributed by atoms with van der Waals surface area (Å²) in [6, 6.07) is 10.8. The van der Waals surface area contributed by atoms with Crippen LogP contribution < -0.4 is 10.1 Å². The predicted molar refractivity (Wildman–Crippen MR) is 110 cm³/mol. The molecule has 32 heavy (non-hydrogen) atoms. The third-order valence-electron chi connectivity index (χ3n) is 4.64. The van der Waals surface area contributed by atoms with Gasteiger partial charge in [0, 0.05) is 11.1 Å². The second kappa shape index (κ2) is 8.46. The number of amides is 1. The third-order valence-corrected chi connectivity index (χ3v) is 4.64. The Balaban J connectivity index is 1.70. The number of ketones is 1. The number of carbonyl (C=O) groups is 2. The highest BCUT2D eigenvalue weighted by molar-refractivity contribution is 6.12. The summed E-state index contributed by atoms with van der Waals surface area (Å²) in [6.45, 7) is 0.